The Morgan fingerprint density at radius 1 is 1.10 bits per heavy atom. The standard InChI is InChI=1S/C19H25NO/c1-4-21-18-10-6-9-17(14-18)19(20-3)12-11-16-8-5-7-15(2)13-16/h5-10,13-14,19-20H,4,11-12H2,1-3H3. The van der Waals surface area contributed by atoms with E-state index in [9.17, 15) is 0 Å². The Bertz CT molecular complexity index is 565. The molecule has 0 fully saturated rings. The van der Waals surface area contributed by atoms with Crippen molar-refractivity contribution in [1.29, 1.82) is 0 Å². The zero-order chi connectivity index (χ0) is 15.1. The van der Waals surface area contributed by atoms with Crippen molar-refractivity contribution < 1.29 is 4.74 Å². The van der Waals surface area contributed by atoms with Crippen molar-refractivity contribution in [3.63, 3.8) is 0 Å². The van der Waals surface area contributed by atoms with Crippen LogP contribution in [0.3, 0.4) is 0 Å². The van der Waals surface area contributed by atoms with Crippen molar-refractivity contribution >= 4 is 0 Å². The van der Waals surface area contributed by atoms with E-state index in [0.717, 1.165) is 18.6 Å². The molecule has 0 amide bonds. The summed E-state index contributed by atoms with van der Waals surface area (Å²) in [5, 5.41) is 3.42. The average molecular weight is 283 g/mol. The van der Waals surface area contributed by atoms with E-state index in [-0.39, 0.29) is 0 Å². The van der Waals surface area contributed by atoms with E-state index in [1.54, 1.807) is 0 Å². The lowest BCUT2D eigenvalue weighted by atomic mass is 9.98. The van der Waals surface area contributed by atoms with Crippen LogP contribution < -0.4 is 10.1 Å². The predicted molar refractivity (Wildman–Crippen MR) is 88.9 cm³/mol. The first-order valence-corrected chi connectivity index (χ1v) is 7.68. The molecule has 0 aromatic heterocycles. The van der Waals surface area contributed by atoms with Crippen molar-refractivity contribution in [2.24, 2.45) is 0 Å². The summed E-state index contributed by atoms with van der Waals surface area (Å²) >= 11 is 0. The molecule has 0 heterocycles. The molecule has 0 radical (unpaired) electrons. The molecule has 0 bridgehead atoms. The highest BCUT2D eigenvalue weighted by Gasteiger charge is 2.10. The largest absolute Gasteiger partial charge is 0.494 e. The van der Waals surface area contributed by atoms with E-state index in [2.05, 4.69) is 54.7 Å². The molecule has 0 aliphatic carbocycles. The van der Waals surface area contributed by atoms with Crippen molar-refractivity contribution in [3.05, 3.63) is 65.2 Å². The zero-order valence-corrected chi connectivity index (χ0v) is 13.2. The molecule has 112 valence electrons. The smallest absolute Gasteiger partial charge is 0.119 e. The Morgan fingerprint density at radius 3 is 2.62 bits per heavy atom. The first-order chi connectivity index (χ1) is 10.2. The number of aryl methyl sites for hydroxylation is 2. The topological polar surface area (TPSA) is 21.3 Å². The van der Waals surface area contributed by atoms with Gasteiger partial charge in [-0.25, -0.2) is 0 Å². The van der Waals surface area contributed by atoms with E-state index in [4.69, 9.17) is 4.74 Å². The SMILES string of the molecule is CCOc1cccc(C(CCc2cccc(C)c2)NC)c1. The summed E-state index contributed by atoms with van der Waals surface area (Å²) in [6.07, 6.45) is 2.15. The Kier molecular flexibility index (Phi) is 5.82. The van der Waals surface area contributed by atoms with Gasteiger partial charge in [-0.15, -0.1) is 0 Å². The van der Waals surface area contributed by atoms with Gasteiger partial charge in [-0.1, -0.05) is 42.0 Å². The highest BCUT2D eigenvalue weighted by molar-refractivity contribution is 5.31. The van der Waals surface area contributed by atoms with Gasteiger partial charge in [0, 0.05) is 6.04 Å². The monoisotopic (exact) mass is 283 g/mol. The number of hydrogen-bond donors (Lipinski definition) is 1. The van der Waals surface area contributed by atoms with Crippen LogP contribution in [0.15, 0.2) is 48.5 Å². The predicted octanol–water partition coefficient (Wildman–Crippen LogP) is 4.29. The number of hydrogen-bond acceptors (Lipinski definition) is 2. The number of ether oxygens (including phenoxy) is 1. The Hall–Kier alpha value is -1.80. The van der Waals surface area contributed by atoms with Crippen molar-refractivity contribution in [1.82, 2.24) is 5.32 Å². The lowest BCUT2D eigenvalue weighted by Crippen LogP contribution is -2.17. The van der Waals surface area contributed by atoms with Gasteiger partial charge in [-0.05, 0) is 57.0 Å². The van der Waals surface area contributed by atoms with Crippen LogP contribution in [-0.4, -0.2) is 13.7 Å². The van der Waals surface area contributed by atoms with Crippen LogP contribution in [0.2, 0.25) is 0 Å². The fraction of sp³-hybridized carbons (Fsp3) is 0.368. The molecule has 1 N–H and O–H groups in total. The van der Waals surface area contributed by atoms with Crippen molar-refractivity contribution in [3.8, 4) is 5.75 Å². The van der Waals surface area contributed by atoms with Crippen molar-refractivity contribution in [2.45, 2.75) is 32.7 Å². The highest BCUT2D eigenvalue weighted by atomic mass is 16.5. The fourth-order valence-electron chi connectivity index (χ4n) is 2.64. The molecule has 2 aromatic rings. The minimum absolute atomic E-state index is 0.353. The van der Waals surface area contributed by atoms with Crippen LogP contribution in [0.4, 0.5) is 0 Å². The summed E-state index contributed by atoms with van der Waals surface area (Å²) < 4.78 is 5.59. The minimum Gasteiger partial charge on any atom is -0.494 e. The Morgan fingerprint density at radius 2 is 1.90 bits per heavy atom. The molecule has 0 aliphatic rings. The van der Waals surface area contributed by atoms with Crippen LogP contribution in [0.5, 0.6) is 5.75 Å². The molecule has 2 rings (SSSR count). The van der Waals surface area contributed by atoms with E-state index in [0.29, 0.717) is 12.6 Å². The van der Waals surface area contributed by atoms with E-state index < -0.39 is 0 Å². The second kappa shape index (κ2) is 7.84. The van der Waals surface area contributed by atoms with Crippen LogP contribution in [0.25, 0.3) is 0 Å². The third-order valence-corrected chi connectivity index (χ3v) is 3.72. The zero-order valence-electron chi connectivity index (χ0n) is 13.2. The molecule has 21 heavy (non-hydrogen) atoms. The number of nitrogens with one attached hydrogen (secondary N) is 1. The van der Waals surface area contributed by atoms with Gasteiger partial charge in [0.05, 0.1) is 6.61 Å². The van der Waals surface area contributed by atoms with Gasteiger partial charge in [-0.2, -0.15) is 0 Å². The summed E-state index contributed by atoms with van der Waals surface area (Å²) in [5.41, 5.74) is 4.01. The maximum absolute atomic E-state index is 5.59. The van der Waals surface area contributed by atoms with Crippen LogP contribution in [0.1, 0.15) is 36.1 Å². The van der Waals surface area contributed by atoms with Gasteiger partial charge >= 0.3 is 0 Å². The third kappa shape index (κ3) is 4.61. The van der Waals surface area contributed by atoms with Gasteiger partial charge in [0.1, 0.15) is 5.75 Å². The first kappa shape index (κ1) is 15.6. The van der Waals surface area contributed by atoms with E-state index in [1.807, 2.05) is 20.0 Å². The Labute approximate surface area is 128 Å². The molecule has 2 heteroatoms. The first-order valence-electron chi connectivity index (χ1n) is 7.68. The second-order valence-corrected chi connectivity index (χ2v) is 5.37. The van der Waals surface area contributed by atoms with E-state index >= 15 is 0 Å². The molecule has 1 atom stereocenters. The summed E-state index contributed by atoms with van der Waals surface area (Å²) in [5.74, 6) is 0.950. The minimum atomic E-state index is 0.353. The molecule has 0 saturated carbocycles. The summed E-state index contributed by atoms with van der Waals surface area (Å²) in [4.78, 5) is 0. The quantitative estimate of drug-likeness (QED) is 0.818. The van der Waals surface area contributed by atoms with Gasteiger partial charge in [0.15, 0.2) is 0 Å². The highest BCUT2D eigenvalue weighted by Crippen LogP contribution is 2.23. The molecule has 1 unspecified atom stereocenters. The fourth-order valence-corrected chi connectivity index (χ4v) is 2.64. The summed E-state index contributed by atoms with van der Waals surface area (Å²) in [6, 6.07) is 17.5. The molecule has 0 aliphatic heterocycles. The second-order valence-electron chi connectivity index (χ2n) is 5.37. The van der Waals surface area contributed by atoms with Gasteiger partial charge in [0.25, 0.3) is 0 Å². The Balaban J connectivity index is 2.04. The van der Waals surface area contributed by atoms with Crippen LogP contribution in [0, 0.1) is 6.92 Å². The summed E-state index contributed by atoms with van der Waals surface area (Å²) in [6.45, 7) is 4.86. The van der Waals surface area contributed by atoms with Crippen LogP contribution in [-0.2, 0) is 6.42 Å². The normalized spacial score (nSPS) is 12.1. The van der Waals surface area contributed by atoms with Crippen molar-refractivity contribution in [2.75, 3.05) is 13.7 Å². The molecular formula is C19H25NO. The molecular weight excluding hydrogens is 258 g/mol. The van der Waals surface area contributed by atoms with Crippen LogP contribution >= 0.6 is 0 Å². The van der Waals surface area contributed by atoms with Gasteiger partial charge in [0.2, 0.25) is 0 Å². The van der Waals surface area contributed by atoms with Gasteiger partial charge in [-0.3, -0.25) is 0 Å². The lowest BCUT2D eigenvalue weighted by Gasteiger charge is -2.18. The number of rotatable bonds is 7. The molecule has 0 saturated heterocycles. The number of benzene rings is 2. The average Bonchev–Trinajstić information content (AvgIpc) is 2.49. The molecule has 0 spiro atoms. The lowest BCUT2D eigenvalue weighted by molar-refractivity contribution is 0.339. The maximum Gasteiger partial charge on any atom is 0.119 e. The molecule has 2 aromatic carbocycles. The maximum atomic E-state index is 5.59. The third-order valence-electron chi connectivity index (χ3n) is 3.72. The van der Waals surface area contributed by atoms with Gasteiger partial charge < -0.3 is 10.1 Å². The molecule has 2 nitrogen and oxygen atoms in total. The van der Waals surface area contributed by atoms with E-state index in [1.165, 1.54) is 16.7 Å². The summed E-state index contributed by atoms with van der Waals surface area (Å²) in [7, 11) is 2.02.